The molecule has 0 saturated carbocycles. The molecule has 0 unspecified atom stereocenters. The van der Waals surface area contributed by atoms with E-state index in [-0.39, 0.29) is 22.7 Å². The Morgan fingerprint density at radius 3 is 2.50 bits per heavy atom. The normalized spacial score (nSPS) is 10.3. The second-order valence-electron chi connectivity index (χ2n) is 4.22. The highest BCUT2D eigenvalue weighted by Crippen LogP contribution is 2.32. The van der Waals surface area contributed by atoms with Crippen LogP contribution < -0.4 is 16.2 Å². The Bertz CT molecular complexity index is 687. The van der Waals surface area contributed by atoms with Crippen LogP contribution >= 0.6 is 0 Å². The average molecular weight is 278 g/mol. The van der Waals surface area contributed by atoms with E-state index in [1.165, 1.54) is 25.1 Å². The number of halogens is 2. The lowest BCUT2D eigenvalue weighted by atomic mass is 10.1. The van der Waals surface area contributed by atoms with E-state index in [2.05, 4.69) is 0 Å². The molecule has 0 saturated heterocycles. The van der Waals surface area contributed by atoms with E-state index in [4.69, 9.17) is 16.2 Å². The van der Waals surface area contributed by atoms with E-state index in [0.717, 1.165) is 12.1 Å². The molecule has 2 aromatic rings. The highest BCUT2D eigenvalue weighted by molar-refractivity contribution is 5.96. The number of aryl methyl sites for hydroxylation is 1. The predicted molar refractivity (Wildman–Crippen MR) is 70.5 cm³/mol. The van der Waals surface area contributed by atoms with Crippen LogP contribution in [0.15, 0.2) is 30.3 Å². The first-order valence-electron chi connectivity index (χ1n) is 5.72. The van der Waals surface area contributed by atoms with Gasteiger partial charge in [-0.3, -0.25) is 4.79 Å². The molecular weight excluding hydrogens is 266 g/mol. The number of rotatable bonds is 3. The van der Waals surface area contributed by atoms with Crippen molar-refractivity contribution in [2.24, 2.45) is 5.73 Å². The molecule has 0 aliphatic carbocycles. The molecule has 0 spiro atoms. The third kappa shape index (κ3) is 2.54. The van der Waals surface area contributed by atoms with Gasteiger partial charge in [-0.05, 0) is 30.7 Å². The van der Waals surface area contributed by atoms with Gasteiger partial charge in [0, 0.05) is 6.07 Å². The number of primary amides is 1. The Labute approximate surface area is 114 Å². The molecule has 2 aromatic carbocycles. The number of carbonyl (C=O) groups is 1. The van der Waals surface area contributed by atoms with Crippen molar-refractivity contribution < 1.29 is 18.3 Å². The molecule has 0 aliphatic heterocycles. The second kappa shape index (κ2) is 5.16. The van der Waals surface area contributed by atoms with Gasteiger partial charge < -0.3 is 16.2 Å². The fourth-order valence-corrected chi connectivity index (χ4v) is 1.71. The Balaban J connectivity index is 2.48. The van der Waals surface area contributed by atoms with Crippen molar-refractivity contribution in [3.8, 4) is 11.5 Å². The molecule has 104 valence electrons. The molecular formula is C14H12F2N2O2. The Hall–Kier alpha value is -2.63. The van der Waals surface area contributed by atoms with Crippen molar-refractivity contribution in [1.29, 1.82) is 0 Å². The minimum Gasteiger partial charge on any atom is -0.454 e. The van der Waals surface area contributed by atoms with E-state index in [9.17, 15) is 13.6 Å². The summed E-state index contributed by atoms with van der Waals surface area (Å²) >= 11 is 0. The number of ether oxygens (including phenoxy) is 1. The van der Waals surface area contributed by atoms with Crippen molar-refractivity contribution in [1.82, 2.24) is 0 Å². The number of hydrogen-bond donors (Lipinski definition) is 2. The number of carbonyl (C=O) groups excluding carboxylic acids is 1. The van der Waals surface area contributed by atoms with Gasteiger partial charge in [-0.1, -0.05) is 6.07 Å². The van der Waals surface area contributed by atoms with Crippen LogP contribution in [0, 0.1) is 18.6 Å². The summed E-state index contributed by atoms with van der Waals surface area (Å²) in [5.74, 6) is -2.20. The maximum absolute atomic E-state index is 13.6. The van der Waals surface area contributed by atoms with Crippen LogP contribution in [0.25, 0.3) is 0 Å². The lowest BCUT2D eigenvalue weighted by Crippen LogP contribution is -2.14. The third-order valence-electron chi connectivity index (χ3n) is 2.73. The quantitative estimate of drug-likeness (QED) is 0.847. The minimum atomic E-state index is -0.962. The predicted octanol–water partition coefficient (Wildman–Crippen LogP) is 2.75. The van der Waals surface area contributed by atoms with Gasteiger partial charge >= 0.3 is 0 Å². The molecule has 0 fully saturated rings. The Kier molecular flexibility index (Phi) is 3.56. The molecule has 0 heterocycles. The summed E-state index contributed by atoms with van der Waals surface area (Å²) < 4.78 is 32.3. The van der Waals surface area contributed by atoms with Gasteiger partial charge in [-0.15, -0.1) is 0 Å². The smallest absolute Gasteiger partial charge is 0.255 e. The molecule has 6 heteroatoms. The first-order chi connectivity index (χ1) is 9.40. The van der Waals surface area contributed by atoms with E-state index in [1.54, 1.807) is 0 Å². The SMILES string of the molecule is Cc1cc(Oc2cccc(F)c2C(N)=O)c(N)cc1F. The van der Waals surface area contributed by atoms with Crippen molar-refractivity contribution in [3.63, 3.8) is 0 Å². The van der Waals surface area contributed by atoms with Gasteiger partial charge in [0.2, 0.25) is 0 Å². The molecule has 0 aliphatic rings. The van der Waals surface area contributed by atoms with Gasteiger partial charge in [-0.25, -0.2) is 8.78 Å². The fourth-order valence-electron chi connectivity index (χ4n) is 1.71. The Morgan fingerprint density at radius 2 is 1.85 bits per heavy atom. The van der Waals surface area contributed by atoms with Crippen molar-refractivity contribution in [2.45, 2.75) is 6.92 Å². The number of nitrogen functional groups attached to an aromatic ring is 1. The third-order valence-corrected chi connectivity index (χ3v) is 2.73. The van der Waals surface area contributed by atoms with E-state index in [1.807, 2.05) is 0 Å². The maximum Gasteiger partial charge on any atom is 0.255 e. The zero-order chi connectivity index (χ0) is 14.9. The minimum absolute atomic E-state index is 0.0350. The lowest BCUT2D eigenvalue weighted by Gasteiger charge is -2.12. The van der Waals surface area contributed by atoms with Crippen LogP contribution in [0.2, 0.25) is 0 Å². The first-order valence-corrected chi connectivity index (χ1v) is 5.72. The molecule has 0 aromatic heterocycles. The Morgan fingerprint density at radius 1 is 1.15 bits per heavy atom. The first kappa shape index (κ1) is 13.8. The molecule has 0 atom stereocenters. The molecule has 4 N–H and O–H groups in total. The van der Waals surface area contributed by atoms with Crippen molar-refractivity contribution >= 4 is 11.6 Å². The average Bonchev–Trinajstić information content (AvgIpc) is 2.35. The second-order valence-corrected chi connectivity index (χ2v) is 4.22. The number of nitrogens with two attached hydrogens (primary N) is 2. The number of anilines is 1. The summed E-state index contributed by atoms with van der Waals surface area (Å²) in [7, 11) is 0. The fraction of sp³-hybridized carbons (Fsp3) is 0.0714. The molecule has 1 amide bonds. The zero-order valence-corrected chi connectivity index (χ0v) is 10.6. The molecule has 0 radical (unpaired) electrons. The van der Waals surface area contributed by atoms with Crippen LogP contribution in [0.3, 0.4) is 0 Å². The van der Waals surface area contributed by atoms with Gasteiger partial charge in [-0.2, -0.15) is 0 Å². The van der Waals surface area contributed by atoms with Gasteiger partial charge in [0.15, 0.2) is 5.75 Å². The highest BCUT2D eigenvalue weighted by Gasteiger charge is 2.17. The highest BCUT2D eigenvalue weighted by atomic mass is 19.1. The van der Waals surface area contributed by atoms with Gasteiger partial charge in [0.25, 0.3) is 5.91 Å². The summed E-state index contributed by atoms with van der Waals surface area (Å²) in [6, 6.07) is 6.28. The molecule has 2 rings (SSSR count). The van der Waals surface area contributed by atoms with Crippen LogP contribution in [-0.2, 0) is 0 Å². The van der Waals surface area contributed by atoms with Crippen LogP contribution in [0.5, 0.6) is 11.5 Å². The summed E-state index contributed by atoms with van der Waals surface area (Å²) in [6.07, 6.45) is 0. The standard InChI is InChI=1S/C14H12F2N2O2/c1-7-5-12(10(17)6-9(7)16)20-11-4-2-3-8(15)13(11)14(18)19/h2-6H,17H2,1H3,(H2,18,19). The van der Waals surface area contributed by atoms with E-state index >= 15 is 0 Å². The topological polar surface area (TPSA) is 78.3 Å². The van der Waals surface area contributed by atoms with Crippen LogP contribution in [0.1, 0.15) is 15.9 Å². The summed E-state index contributed by atoms with van der Waals surface area (Å²) in [6.45, 7) is 1.53. The molecule has 4 nitrogen and oxygen atoms in total. The van der Waals surface area contributed by atoms with Gasteiger partial charge in [0.1, 0.15) is 22.9 Å². The van der Waals surface area contributed by atoms with Crippen LogP contribution in [-0.4, -0.2) is 5.91 Å². The summed E-state index contributed by atoms with van der Waals surface area (Å²) in [5.41, 5.74) is 10.7. The summed E-state index contributed by atoms with van der Waals surface area (Å²) in [4.78, 5) is 11.2. The molecule has 20 heavy (non-hydrogen) atoms. The number of amides is 1. The van der Waals surface area contributed by atoms with Gasteiger partial charge in [0.05, 0.1) is 5.69 Å². The van der Waals surface area contributed by atoms with E-state index < -0.39 is 17.5 Å². The number of hydrogen-bond acceptors (Lipinski definition) is 3. The number of benzene rings is 2. The van der Waals surface area contributed by atoms with Crippen molar-refractivity contribution in [2.75, 3.05) is 5.73 Å². The van der Waals surface area contributed by atoms with Crippen LogP contribution in [0.4, 0.5) is 14.5 Å². The zero-order valence-electron chi connectivity index (χ0n) is 10.6. The maximum atomic E-state index is 13.6. The largest absolute Gasteiger partial charge is 0.454 e. The van der Waals surface area contributed by atoms with Crippen molar-refractivity contribution in [3.05, 3.63) is 53.1 Å². The monoisotopic (exact) mass is 278 g/mol. The molecule has 0 bridgehead atoms. The summed E-state index contributed by atoms with van der Waals surface area (Å²) in [5, 5.41) is 0. The van der Waals surface area contributed by atoms with E-state index in [0.29, 0.717) is 5.56 Å². The lowest BCUT2D eigenvalue weighted by molar-refractivity contribution is 0.0994.